The average Bonchev–Trinajstić information content (AvgIpc) is 2.49. The molecule has 2 rings (SSSR count). The third kappa shape index (κ3) is 3.66. The number of hydrogen-bond donors (Lipinski definition) is 1. The largest absolute Gasteiger partial charge is 0.321 e. The predicted octanol–water partition coefficient (Wildman–Crippen LogP) is 4.64. The Labute approximate surface area is 140 Å². The Morgan fingerprint density at radius 3 is 2.59 bits per heavy atom. The summed E-state index contributed by atoms with van der Waals surface area (Å²) in [6.07, 6.45) is 1.85. The zero-order chi connectivity index (χ0) is 16.3. The van der Waals surface area contributed by atoms with E-state index in [-0.39, 0.29) is 11.3 Å². The van der Waals surface area contributed by atoms with Crippen LogP contribution in [-0.2, 0) is 0 Å². The number of nitro benzene ring substituents is 1. The van der Waals surface area contributed by atoms with Gasteiger partial charge >= 0.3 is 0 Å². The highest BCUT2D eigenvalue weighted by Gasteiger charge is 2.21. The molecule has 0 aliphatic heterocycles. The van der Waals surface area contributed by atoms with Crippen LogP contribution >= 0.6 is 27.7 Å². The molecule has 7 heteroatoms. The zero-order valence-electron chi connectivity index (χ0n) is 11.9. The summed E-state index contributed by atoms with van der Waals surface area (Å²) in [7, 11) is 0. The zero-order valence-corrected chi connectivity index (χ0v) is 14.3. The lowest BCUT2D eigenvalue weighted by Gasteiger charge is -2.09. The molecule has 0 aliphatic rings. The van der Waals surface area contributed by atoms with Gasteiger partial charge in [0, 0.05) is 15.4 Å². The third-order valence-corrected chi connectivity index (χ3v) is 4.40. The molecule has 22 heavy (non-hydrogen) atoms. The number of nitrogens with one attached hydrogen (secondary N) is 1. The monoisotopic (exact) mass is 380 g/mol. The SMILES string of the molecule is CSc1ccc([N+](=O)[O-])c(C(=O)Nc2ccc(C)cc2Br)c1. The number of benzene rings is 2. The van der Waals surface area contributed by atoms with E-state index in [4.69, 9.17) is 0 Å². The fourth-order valence-corrected chi connectivity index (χ4v) is 2.93. The fraction of sp³-hybridized carbons (Fsp3) is 0.133. The van der Waals surface area contributed by atoms with E-state index in [1.54, 1.807) is 12.1 Å². The molecular weight excluding hydrogens is 368 g/mol. The van der Waals surface area contributed by atoms with Crippen molar-refractivity contribution in [3.8, 4) is 0 Å². The average molecular weight is 381 g/mol. The van der Waals surface area contributed by atoms with Gasteiger partial charge in [-0.1, -0.05) is 6.07 Å². The molecule has 0 radical (unpaired) electrons. The molecule has 0 fully saturated rings. The highest BCUT2D eigenvalue weighted by atomic mass is 79.9. The smallest absolute Gasteiger partial charge is 0.282 e. The number of amides is 1. The molecule has 1 N–H and O–H groups in total. The Hall–Kier alpha value is -1.86. The molecule has 0 unspecified atom stereocenters. The highest BCUT2D eigenvalue weighted by Crippen LogP contribution is 2.28. The van der Waals surface area contributed by atoms with Crippen molar-refractivity contribution in [3.05, 3.63) is 62.1 Å². The Morgan fingerprint density at radius 2 is 2.00 bits per heavy atom. The number of aryl methyl sites for hydroxylation is 1. The first-order valence-corrected chi connectivity index (χ1v) is 8.34. The van der Waals surface area contributed by atoms with Crippen LogP contribution < -0.4 is 5.32 Å². The van der Waals surface area contributed by atoms with E-state index in [2.05, 4.69) is 21.2 Å². The van der Waals surface area contributed by atoms with E-state index in [1.807, 2.05) is 25.3 Å². The first-order chi connectivity index (χ1) is 10.4. The van der Waals surface area contributed by atoms with Gasteiger partial charge < -0.3 is 5.32 Å². The number of halogens is 1. The molecule has 0 bridgehead atoms. The van der Waals surface area contributed by atoms with E-state index in [0.29, 0.717) is 5.69 Å². The normalized spacial score (nSPS) is 10.3. The summed E-state index contributed by atoms with van der Waals surface area (Å²) in [4.78, 5) is 23.7. The number of anilines is 1. The molecule has 0 heterocycles. The van der Waals surface area contributed by atoms with Crippen molar-refractivity contribution < 1.29 is 9.72 Å². The maximum Gasteiger partial charge on any atom is 0.282 e. The van der Waals surface area contributed by atoms with Crippen molar-refractivity contribution >= 4 is 45.0 Å². The van der Waals surface area contributed by atoms with Crippen LogP contribution in [0.4, 0.5) is 11.4 Å². The molecule has 2 aromatic rings. The van der Waals surface area contributed by atoms with Gasteiger partial charge in [0.25, 0.3) is 11.6 Å². The highest BCUT2D eigenvalue weighted by molar-refractivity contribution is 9.10. The summed E-state index contributed by atoms with van der Waals surface area (Å²) < 4.78 is 0.726. The molecule has 2 aromatic carbocycles. The molecule has 1 amide bonds. The topological polar surface area (TPSA) is 72.2 Å². The lowest BCUT2D eigenvalue weighted by molar-refractivity contribution is -0.385. The summed E-state index contributed by atoms with van der Waals surface area (Å²) in [5, 5.41) is 13.8. The minimum Gasteiger partial charge on any atom is -0.321 e. The Kier molecular flexibility index (Phi) is 5.20. The molecule has 0 saturated carbocycles. The van der Waals surface area contributed by atoms with E-state index in [1.165, 1.54) is 23.9 Å². The summed E-state index contributed by atoms with van der Waals surface area (Å²) in [5.74, 6) is -0.507. The summed E-state index contributed by atoms with van der Waals surface area (Å²) in [6, 6.07) is 9.98. The molecule has 5 nitrogen and oxygen atoms in total. The maximum absolute atomic E-state index is 12.4. The number of nitro groups is 1. The summed E-state index contributed by atoms with van der Waals surface area (Å²) in [5.41, 5.74) is 1.45. The van der Waals surface area contributed by atoms with Crippen LogP contribution in [0, 0.1) is 17.0 Å². The van der Waals surface area contributed by atoms with Gasteiger partial charge in [-0.15, -0.1) is 11.8 Å². The van der Waals surface area contributed by atoms with E-state index in [9.17, 15) is 14.9 Å². The van der Waals surface area contributed by atoms with Gasteiger partial charge in [-0.2, -0.15) is 0 Å². The van der Waals surface area contributed by atoms with Crippen LogP contribution in [0.5, 0.6) is 0 Å². The van der Waals surface area contributed by atoms with E-state index in [0.717, 1.165) is 14.9 Å². The lowest BCUT2D eigenvalue weighted by Crippen LogP contribution is -2.14. The molecule has 0 aliphatic carbocycles. The molecule has 0 atom stereocenters. The van der Waals surface area contributed by atoms with Gasteiger partial charge in [0.1, 0.15) is 5.56 Å². The predicted molar refractivity (Wildman–Crippen MR) is 91.7 cm³/mol. The number of hydrogen-bond acceptors (Lipinski definition) is 4. The van der Waals surface area contributed by atoms with Crippen LogP contribution in [0.2, 0.25) is 0 Å². The van der Waals surface area contributed by atoms with E-state index >= 15 is 0 Å². The van der Waals surface area contributed by atoms with Gasteiger partial charge in [-0.05, 0) is 58.9 Å². The number of rotatable bonds is 4. The minimum atomic E-state index is -0.552. The Bertz CT molecular complexity index is 750. The van der Waals surface area contributed by atoms with Crippen LogP contribution in [-0.4, -0.2) is 17.1 Å². The van der Waals surface area contributed by atoms with Gasteiger partial charge in [0.2, 0.25) is 0 Å². The molecule has 0 aromatic heterocycles. The second-order valence-corrected chi connectivity index (χ2v) is 6.31. The van der Waals surface area contributed by atoms with Crippen molar-refractivity contribution in [2.24, 2.45) is 0 Å². The lowest BCUT2D eigenvalue weighted by atomic mass is 10.1. The number of carbonyl (C=O) groups excluding carboxylic acids is 1. The summed E-state index contributed by atoms with van der Waals surface area (Å²) >= 11 is 4.79. The molecule has 0 saturated heterocycles. The molecule has 0 spiro atoms. The standard InChI is InChI=1S/C15H13BrN2O3S/c1-9-3-5-13(12(16)7-9)17-15(19)11-8-10(22-2)4-6-14(11)18(20)21/h3-8H,1-2H3,(H,17,19). The fourth-order valence-electron chi connectivity index (χ4n) is 1.89. The van der Waals surface area contributed by atoms with Gasteiger partial charge in [-0.3, -0.25) is 14.9 Å². The maximum atomic E-state index is 12.4. The van der Waals surface area contributed by atoms with Crippen molar-refractivity contribution in [1.82, 2.24) is 0 Å². The second kappa shape index (κ2) is 6.93. The first-order valence-electron chi connectivity index (χ1n) is 6.32. The Morgan fingerprint density at radius 1 is 1.27 bits per heavy atom. The quantitative estimate of drug-likeness (QED) is 0.476. The van der Waals surface area contributed by atoms with Gasteiger partial charge in [0.15, 0.2) is 0 Å². The van der Waals surface area contributed by atoms with Crippen molar-refractivity contribution in [2.45, 2.75) is 11.8 Å². The van der Waals surface area contributed by atoms with Crippen LogP contribution in [0.25, 0.3) is 0 Å². The summed E-state index contributed by atoms with van der Waals surface area (Å²) in [6.45, 7) is 1.93. The van der Waals surface area contributed by atoms with E-state index < -0.39 is 10.8 Å². The van der Waals surface area contributed by atoms with Crippen LogP contribution in [0.15, 0.2) is 45.8 Å². The van der Waals surface area contributed by atoms with Crippen LogP contribution in [0.3, 0.4) is 0 Å². The molecular formula is C15H13BrN2O3S. The minimum absolute atomic E-state index is 0.0457. The third-order valence-electron chi connectivity index (χ3n) is 3.02. The van der Waals surface area contributed by atoms with Crippen molar-refractivity contribution in [3.63, 3.8) is 0 Å². The molecule has 114 valence electrons. The number of nitrogens with zero attached hydrogens (tertiary/aromatic N) is 1. The van der Waals surface area contributed by atoms with Gasteiger partial charge in [-0.25, -0.2) is 0 Å². The second-order valence-electron chi connectivity index (χ2n) is 4.58. The number of carbonyl (C=O) groups is 1. The van der Waals surface area contributed by atoms with Crippen molar-refractivity contribution in [2.75, 3.05) is 11.6 Å². The van der Waals surface area contributed by atoms with Crippen LogP contribution in [0.1, 0.15) is 15.9 Å². The Balaban J connectivity index is 2.38. The van der Waals surface area contributed by atoms with Gasteiger partial charge in [0.05, 0.1) is 10.6 Å². The van der Waals surface area contributed by atoms with Crippen molar-refractivity contribution in [1.29, 1.82) is 0 Å². The first kappa shape index (κ1) is 16.5. The number of thioether (sulfide) groups is 1.